The van der Waals surface area contributed by atoms with Crippen molar-refractivity contribution in [1.82, 2.24) is 9.80 Å². The quantitative estimate of drug-likeness (QED) is 0.362. The van der Waals surface area contributed by atoms with Crippen LogP contribution in [-0.2, 0) is 11.2 Å². The van der Waals surface area contributed by atoms with Crippen molar-refractivity contribution in [2.45, 2.75) is 39.7 Å². The predicted octanol–water partition coefficient (Wildman–Crippen LogP) is 5.89. The summed E-state index contributed by atoms with van der Waals surface area (Å²) in [6.07, 6.45) is 1.67. The zero-order valence-electron chi connectivity index (χ0n) is 21.1. The molecule has 2 amide bonds. The minimum atomic E-state index is -0.430. The largest absolute Gasteiger partial charge is 0.488 e. The Morgan fingerprint density at radius 3 is 2.75 bits per heavy atom. The highest BCUT2D eigenvalue weighted by Gasteiger charge is 2.34. The summed E-state index contributed by atoms with van der Waals surface area (Å²) in [5, 5.41) is 2.02. The third-order valence-electron chi connectivity index (χ3n) is 6.76. The van der Waals surface area contributed by atoms with E-state index < -0.39 is 5.82 Å². The molecule has 36 heavy (non-hydrogen) atoms. The molecule has 1 aromatic heterocycles. The van der Waals surface area contributed by atoms with Gasteiger partial charge in [0.05, 0.1) is 6.04 Å². The number of halogens is 1. The fourth-order valence-corrected chi connectivity index (χ4v) is 5.47. The highest BCUT2D eigenvalue weighted by Crippen LogP contribution is 2.34. The zero-order valence-corrected chi connectivity index (χ0v) is 21.9. The molecule has 2 atom stereocenters. The predicted molar refractivity (Wildman–Crippen MR) is 141 cm³/mol. The van der Waals surface area contributed by atoms with Crippen LogP contribution in [0.3, 0.4) is 0 Å². The van der Waals surface area contributed by atoms with Crippen LogP contribution in [0.1, 0.15) is 52.7 Å². The zero-order chi connectivity index (χ0) is 25.7. The van der Waals surface area contributed by atoms with Crippen molar-refractivity contribution in [2.75, 3.05) is 26.2 Å². The van der Waals surface area contributed by atoms with Gasteiger partial charge in [-0.2, -0.15) is 0 Å². The van der Waals surface area contributed by atoms with Crippen LogP contribution >= 0.6 is 11.3 Å². The summed E-state index contributed by atoms with van der Waals surface area (Å²) >= 11 is 1.66. The van der Waals surface area contributed by atoms with Crippen LogP contribution in [0.25, 0.3) is 0 Å². The monoisotopic (exact) mass is 508 g/mol. The van der Waals surface area contributed by atoms with E-state index in [1.165, 1.54) is 10.9 Å². The third kappa shape index (κ3) is 5.95. The van der Waals surface area contributed by atoms with Crippen molar-refractivity contribution in [3.63, 3.8) is 0 Å². The molecule has 2 aromatic carbocycles. The molecule has 0 N–H and O–H groups in total. The molecule has 0 aliphatic carbocycles. The number of hydrogen-bond donors (Lipinski definition) is 0. The molecule has 0 bridgehead atoms. The van der Waals surface area contributed by atoms with Crippen molar-refractivity contribution >= 4 is 23.2 Å². The Balaban J connectivity index is 1.55. The van der Waals surface area contributed by atoms with E-state index in [-0.39, 0.29) is 42.7 Å². The maximum absolute atomic E-state index is 14.2. The van der Waals surface area contributed by atoms with Gasteiger partial charge < -0.3 is 14.5 Å². The SMILES string of the molecule is CC[C@@H](C)CN(CC(=O)N1CCc2sccc2[C@H]1COc1ccccc1F)C(=O)c1cccc(C)c1. The molecule has 0 saturated heterocycles. The maximum atomic E-state index is 14.2. The molecular formula is C29H33FN2O3S. The number of benzene rings is 2. The van der Waals surface area contributed by atoms with Crippen molar-refractivity contribution in [2.24, 2.45) is 5.92 Å². The Morgan fingerprint density at radius 2 is 2.00 bits per heavy atom. The highest BCUT2D eigenvalue weighted by atomic mass is 32.1. The first-order chi connectivity index (χ1) is 17.4. The fourth-order valence-electron chi connectivity index (χ4n) is 4.54. The van der Waals surface area contributed by atoms with E-state index in [0.717, 1.165) is 24.0 Å². The first-order valence-electron chi connectivity index (χ1n) is 12.5. The lowest BCUT2D eigenvalue weighted by molar-refractivity contribution is -0.135. The molecule has 0 spiro atoms. The number of fused-ring (bicyclic) bond motifs is 1. The highest BCUT2D eigenvalue weighted by molar-refractivity contribution is 7.10. The molecule has 1 aliphatic rings. The molecular weight excluding hydrogens is 475 g/mol. The molecule has 2 heterocycles. The van der Waals surface area contributed by atoms with Gasteiger partial charge in [-0.25, -0.2) is 4.39 Å². The molecule has 0 saturated carbocycles. The Kier molecular flexibility index (Phi) is 8.41. The van der Waals surface area contributed by atoms with Gasteiger partial charge >= 0.3 is 0 Å². The van der Waals surface area contributed by atoms with Gasteiger partial charge in [-0.3, -0.25) is 9.59 Å². The molecule has 3 aromatic rings. The Hall–Kier alpha value is -3.19. The lowest BCUT2D eigenvalue weighted by atomic mass is 10.00. The second-order valence-corrected chi connectivity index (χ2v) is 10.5. The van der Waals surface area contributed by atoms with Gasteiger partial charge in [0.2, 0.25) is 5.91 Å². The first-order valence-corrected chi connectivity index (χ1v) is 13.3. The number of amides is 2. The van der Waals surface area contributed by atoms with Gasteiger partial charge in [-0.1, -0.05) is 50.1 Å². The number of carbonyl (C=O) groups excluding carboxylic acids is 2. The molecule has 5 nitrogen and oxygen atoms in total. The number of aryl methyl sites for hydroxylation is 1. The second kappa shape index (κ2) is 11.7. The number of rotatable bonds is 9. The summed E-state index contributed by atoms with van der Waals surface area (Å²) < 4.78 is 20.0. The number of para-hydroxylation sites is 1. The van der Waals surface area contributed by atoms with Gasteiger partial charge in [0.15, 0.2) is 11.6 Å². The maximum Gasteiger partial charge on any atom is 0.254 e. The number of thiophene rings is 1. The van der Waals surface area contributed by atoms with Crippen LogP contribution in [0, 0.1) is 18.7 Å². The van der Waals surface area contributed by atoms with Crippen molar-refractivity contribution in [3.8, 4) is 5.75 Å². The molecule has 4 rings (SSSR count). The molecule has 190 valence electrons. The molecule has 0 radical (unpaired) electrons. The minimum Gasteiger partial charge on any atom is -0.488 e. The van der Waals surface area contributed by atoms with E-state index in [4.69, 9.17) is 4.74 Å². The minimum absolute atomic E-state index is 0.00716. The van der Waals surface area contributed by atoms with E-state index in [1.807, 2.05) is 36.6 Å². The molecule has 0 unspecified atom stereocenters. The lowest BCUT2D eigenvalue weighted by Crippen LogP contribution is -2.48. The van der Waals surface area contributed by atoms with Crippen LogP contribution in [0.2, 0.25) is 0 Å². The van der Waals surface area contributed by atoms with Gasteiger partial charge in [0, 0.05) is 23.5 Å². The van der Waals surface area contributed by atoms with E-state index in [0.29, 0.717) is 18.7 Å². The first kappa shape index (κ1) is 25.9. The summed E-state index contributed by atoms with van der Waals surface area (Å²) in [6, 6.07) is 15.4. The van der Waals surface area contributed by atoms with Crippen LogP contribution in [0.15, 0.2) is 60.0 Å². The fraction of sp³-hybridized carbons (Fsp3) is 0.379. The van der Waals surface area contributed by atoms with E-state index in [1.54, 1.807) is 45.4 Å². The third-order valence-corrected chi connectivity index (χ3v) is 7.75. The number of nitrogens with zero attached hydrogens (tertiary/aromatic N) is 2. The van der Waals surface area contributed by atoms with Crippen LogP contribution in [0.4, 0.5) is 4.39 Å². The van der Waals surface area contributed by atoms with Gasteiger partial charge in [0.1, 0.15) is 13.2 Å². The van der Waals surface area contributed by atoms with Gasteiger partial charge in [0.25, 0.3) is 5.91 Å². The van der Waals surface area contributed by atoms with Crippen molar-refractivity contribution in [3.05, 3.63) is 87.4 Å². The average molecular weight is 509 g/mol. The molecule has 7 heteroatoms. The standard InChI is InChI=1S/C29H33FN2O3S/c1-4-20(2)17-31(29(34)22-9-7-8-21(3)16-22)18-28(33)32-14-12-27-23(13-15-36-27)25(32)19-35-26-11-6-5-10-24(26)30/h5-11,13,15-16,20,25H,4,12,14,17-19H2,1-3H3/t20-,25-/m1/s1. The summed E-state index contributed by atoms with van der Waals surface area (Å²) in [7, 11) is 0. The van der Waals surface area contributed by atoms with Crippen LogP contribution < -0.4 is 4.74 Å². The normalized spacial score (nSPS) is 15.8. The number of carbonyl (C=O) groups is 2. The van der Waals surface area contributed by atoms with Gasteiger partial charge in [-0.05, 0) is 60.5 Å². The van der Waals surface area contributed by atoms with Gasteiger partial charge in [-0.15, -0.1) is 11.3 Å². The summed E-state index contributed by atoms with van der Waals surface area (Å²) in [6.45, 7) is 7.30. The lowest BCUT2D eigenvalue weighted by Gasteiger charge is -2.37. The van der Waals surface area contributed by atoms with Crippen LogP contribution in [-0.4, -0.2) is 47.9 Å². The van der Waals surface area contributed by atoms with Crippen molar-refractivity contribution in [1.29, 1.82) is 0 Å². The Morgan fingerprint density at radius 1 is 1.19 bits per heavy atom. The smallest absolute Gasteiger partial charge is 0.254 e. The topological polar surface area (TPSA) is 49.9 Å². The summed E-state index contributed by atoms with van der Waals surface area (Å²) in [5.41, 5.74) is 2.63. The second-order valence-electron chi connectivity index (χ2n) is 9.46. The molecule has 0 fully saturated rings. The average Bonchev–Trinajstić information content (AvgIpc) is 3.36. The van der Waals surface area contributed by atoms with E-state index in [2.05, 4.69) is 13.8 Å². The summed E-state index contributed by atoms with van der Waals surface area (Å²) in [5.74, 6) is -0.268. The van der Waals surface area contributed by atoms with E-state index >= 15 is 0 Å². The number of ether oxygens (including phenoxy) is 1. The molecule has 1 aliphatic heterocycles. The Bertz CT molecular complexity index is 1210. The summed E-state index contributed by atoms with van der Waals surface area (Å²) in [4.78, 5) is 31.8. The van der Waals surface area contributed by atoms with E-state index in [9.17, 15) is 14.0 Å². The van der Waals surface area contributed by atoms with Crippen LogP contribution in [0.5, 0.6) is 5.75 Å². The number of hydrogen-bond acceptors (Lipinski definition) is 4. The Labute approximate surface area is 216 Å². The van der Waals surface area contributed by atoms with Crippen molar-refractivity contribution < 1.29 is 18.7 Å².